The Hall–Kier alpha value is -2.03. The van der Waals surface area contributed by atoms with Crippen LogP contribution in [0.3, 0.4) is 0 Å². The molecule has 0 aliphatic heterocycles. The Labute approximate surface area is 224 Å². The number of hydrogen-bond acceptors (Lipinski definition) is 0. The number of fused-ring (bicyclic) bond motifs is 3. The minimum Gasteiger partial charge on any atom is -1.00 e. The molecule has 0 saturated carbocycles. The van der Waals surface area contributed by atoms with Gasteiger partial charge in [-0.05, 0) is 48.6 Å². The molecular formula is C29H26Cl2NTi. The maximum absolute atomic E-state index is 5.06. The van der Waals surface area contributed by atoms with Gasteiger partial charge in [0, 0.05) is 5.92 Å². The summed E-state index contributed by atoms with van der Waals surface area (Å²) >= 11 is 0. The first-order valence-electron chi connectivity index (χ1n) is 10.6. The van der Waals surface area contributed by atoms with Gasteiger partial charge in [0.1, 0.15) is 0 Å². The Morgan fingerprint density at radius 2 is 1.09 bits per heavy atom. The molecule has 0 N–H and O–H groups in total. The second kappa shape index (κ2) is 11.4. The Kier molecular flexibility index (Phi) is 9.41. The average molecular weight is 507 g/mol. The van der Waals surface area contributed by atoms with E-state index in [2.05, 4.69) is 106 Å². The molecular weight excluding hydrogens is 481 g/mol. The van der Waals surface area contributed by atoms with E-state index in [9.17, 15) is 0 Å². The number of hydrogen-bond donors (Lipinski definition) is 0. The summed E-state index contributed by atoms with van der Waals surface area (Å²) in [6.45, 7) is 7.16. The topological polar surface area (TPSA) is 14.1 Å². The summed E-state index contributed by atoms with van der Waals surface area (Å²) in [5.74, 6) is 0.268. The molecule has 4 heteroatoms. The second-order valence-electron chi connectivity index (χ2n) is 8.37. The molecule has 0 bridgehead atoms. The zero-order valence-electron chi connectivity index (χ0n) is 19.1. The van der Waals surface area contributed by atoms with Crippen LogP contribution in [0.4, 0.5) is 5.69 Å². The van der Waals surface area contributed by atoms with Gasteiger partial charge in [0.2, 0.25) is 0 Å². The van der Waals surface area contributed by atoms with E-state index in [1.165, 1.54) is 50.1 Å². The number of rotatable bonds is 4. The maximum atomic E-state index is 5.06. The van der Waals surface area contributed by atoms with Crippen LogP contribution >= 0.6 is 0 Å². The van der Waals surface area contributed by atoms with Crippen LogP contribution in [0.1, 0.15) is 44.9 Å². The third kappa shape index (κ3) is 5.08. The van der Waals surface area contributed by atoms with Crippen LogP contribution in [-0.2, 0) is 28.3 Å². The van der Waals surface area contributed by atoms with Gasteiger partial charge in [0.25, 0.3) is 0 Å². The fourth-order valence-corrected chi connectivity index (χ4v) is 5.04. The average Bonchev–Trinajstić information content (AvgIpc) is 3.08. The van der Waals surface area contributed by atoms with Crippen LogP contribution in [0.25, 0.3) is 16.4 Å². The van der Waals surface area contributed by atoms with Crippen LogP contribution in [0.5, 0.6) is 0 Å². The van der Waals surface area contributed by atoms with Crippen molar-refractivity contribution in [1.29, 1.82) is 0 Å². The summed E-state index contributed by atoms with van der Waals surface area (Å²) in [4.78, 5) is 0. The zero-order chi connectivity index (χ0) is 20.7. The number of aryl methyl sites for hydroxylation is 3. The molecule has 4 aromatic rings. The van der Waals surface area contributed by atoms with Gasteiger partial charge >= 0.3 is 21.7 Å². The van der Waals surface area contributed by atoms with Crippen molar-refractivity contribution in [3.63, 3.8) is 0 Å². The van der Waals surface area contributed by atoms with Crippen LogP contribution in [-0.4, -0.2) is 0 Å². The summed E-state index contributed by atoms with van der Waals surface area (Å²) in [6.07, 6.45) is 0. The van der Waals surface area contributed by atoms with E-state index in [-0.39, 0.29) is 52.4 Å². The van der Waals surface area contributed by atoms with Gasteiger partial charge in [-0.3, -0.25) is 0 Å². The van der Waals surface area contributed by atoms with Crippen molar-refractivity contribution >= 4 is 5.69 Å². The molecule has 0 heterocycles. The van der Waals surface area contributed by atoms with Crippen molar-refractivity contribution in [2.24, 2.45) is 0 Å². The summed E-state index contributed by atoms with van der Waals surface area (Å²) in [5, 5.41) is 5.06. The van der Waals surface area contributed by atoms with Crippen molar-refractivity contribution < 1.29 is 46.5 Å². The Bertz CT molecular complexity index is 1180. The molecule has 0 fully saturated rings. The predicted molar refractivity (Wildman–Crippen MR) is 127 cm³/mol. The largest absolute Gasteiger partial charge is 3.00 e. The Morgan fingerprint density at radius 3 is 1.64 bits per heavy atom. The Morgan fingerprint density at radius 1 is 0.636 bits per heavy atom. The van der Waals surface area contributed by atoms with Gasteiger partial charge in [-0.2, -0.15) is 0 Å². The van der Waals surface area contributed by atoms with Crippen LogP contribution in [0.2, 0.25) is 0 Å². The first-order chi connectivity index (χ1) is 14.6. The zero-order valence-corrected chi connectivity index (χ0v) is 22.1. The van der Waals surface area contributed by atoms with Gasteiger partial charge < -0.3 is 30.1 Å². The molecule has 0 amide bonds. The van der Waals surface area contributed by atoms with E-state index in [4.69, 9.17) is 5.32 Å². The number of nitrogens with zero attached hydrogens (tertiary/aromatic N) is 1. The molecule has 5 rings (SSSR count). The molecule has 1 nitrogen and oxygen atoms in total. The molecule has 1 aliphatic carbocycles. The molecule has 0 spiro atoms. The van der Waals surface area contributed by atoms with E-state index in [1.54, 1.807) is 0 Å². The molecule has 0 unspecified atom stereocenters. The smallest absolute Gasteiger partial charge is 1.00 e. The second-order valence-corrected chi connectivity index (χ2v) is 8.37. The molecule has 0 saturated heterocycles. The Balaban J connectivity index is 0.00000128. The van der Waals surface area contributed by atoms with E-state index < -0.39 is 0 Å². The van der Waals surface area contributed by atoms with Gasteiger partial charge in [-0.25, -0.2) is 0 Å². The van der Waals surface area contributed by atoms with Gasteiger partial charge in [-0.15, -0.1) is 12.2 Å². The maximum Gasteiger partial charge on any atom is 3.00 e. The molecule has 33 heavy (non-hydrogen) atoms. The monoisotopic (exact) mass is 506 g/mol. The summed E-state index contributed by atoms with van der Waals surface area (Å²) < 4.78 is 0. The summed E-state index contributed by atoms with van der Waals surface area (Å²) in [7, 11) is 0. The van der Waals surface area contributed by atoms with Crippen LogP contribution in [0, 0.1) is 20.8 Å². The quantitative estimate of drug-likeness (QED) is 0.331. The third-order valence-corrected chi connectivity index (χ3v) is 6.24. The van der Waals surface area contributed by atoms with Gasteiger partial charge in [-0.1, -0.05) is 107 Å². The minimum atomic E-state index is 0. The molecule has 1 aliphatic rings. The molecule has 1 radical (unpaired) electrons. The van der Waals surface area contributed by atoms with Crippen molar-refractivity contribution in [1.82, 2.24) is 0 Å². The summed E-state index contributed by atoms with van der Waals surface area (Å²) in [5.41, 5.74) is 13.1. The molecule has 4 aromatic carbocycles. The fraction of sp³-hybridized carbons (Fsp3) is 0.172. The molecule has 165 valence electrons. The van der Waals surface area contributed by atoms with Gasteiger partial charge in [0.05, 0.1) is 0 Å². The fourth-order valence-electron chi connectivity index (χ4n) is 5.04. The SMILES string of the molecule is Cc1cc(C)c([N-]Cc2ccccc2C2c3ccccc3-c3ccccc32)c(C)c1.[Cl-].[Cl-].[Ti+3]. The first-order valence-corrected chi connectivity index (χ1v) is 10.6. The van der Waals surface area contributed by atoms with E-state index >= 15 is 0 Å². The minimum absolute atomic E-state index is 0. The number of halogens is 2. The van der Waals surface area contributed by atoms with Crippen LogP contribution in [0.15, 0.2) is 84.9 Å². The van der Waals surface area contributed by atoms with Crippen molar-refractivity contribution in [2.45, 2.75) is 33.2 Å². The van der Waals surface area contributed by atoms with E-state index in [0.29, 0.717) is 6.54 Å². The molecule has 0 atom stereocenters. The van der Waals surface area contributed by atoms with Gasteiger partial charge in [0.15, 0.2) is 0 Å². The summed E-state index contributed by atoms with van der Waals surface area (Å²) in [6, 6.07) is 30.9. The predicted octanol–water partition coefficient (Wildman–Crippen LogP) is 1.98. The normalized spacial score (nSPS) is 11.4. The van der Waals surface area contributed by atoms with Crippen LogP contribution < -0.4 is 24.8 Å². The molecule has 0 aromatic heterocycles. The van der Waals surface area contributed by atoms with E-state index in [0.717, 1.165) is 5.69 Å². The van der Waals surface area contributed by atoms with Crippen molar-refractivity contribution in [2.75, 3.05) is 0 Å². The first kappa shape index (κ1) is 27.2. The van der Waals surface area contributed by atoms with Crippen molar-refractivity contribution in [3.8, 4) is 11.1 Å². The third-order valence-electron chi connectivity index (χ3n) is 6.24. The number of benzene rings is 4. The van der Waals surface area contributed by atoms with Crippen molar-refractivity contribution in [3.05, 3.63) is 129 Å². The van der Waals surface area contributed by atoms with E-state index in [1.807, 2.05) is 0 Å². The standard InChI is InChI=1S/C29H26N.2ClH.Ti/c1-19-16-20(2)29(21(3)17-19)30-18-22-10-4-5-11-23(22)28-26-14-8-6-12-24(26)25-13-7-9-15-27(25)28;;;/h4-17,28H,18H2,1-3H3;2*1H;/q-1;;;+3/p-2.